The van der Waals surface area contributed by atoms with Crippen molar-refractivity contribution in [2.24, 2.45) is 0 Å². The maximum atomic E-state index is 13.1. The number of nitrogens with one attached hydrogen (secondary N) is 2. The Morgan fingerprint density at radius 1 is 1.03 bits per heavy atom. The first-order chi connectivity index (χ1) is 16.3. The fourth-order valence-electron chi connectivity index (χ4n) is 4.27. The minimum Gasteiger partial charge on any atom is -0.357 e. The first-order valence-electron chi connectivity index (χ1n) is 11.3. The minimum absolute atomic E-state index is 0.0788. The third kappa shape index (κ3) is 5.34. The van der Waals surface area contributed by atoms with Crippen LogP contribution >= 0.6 is 11.6 Å². The molecular formula is C27H27ClN4O2. The molecule has 174 valence electrons. The molecule has 2 aromatic carbocycles. The van der Waals surface area contributed by atoms with Gasteiger partial charge in [-0.1, -0.05) is 47.5 Å². The summed E-state index contributed by atoms with van der Waals surface area (Å²) in [6.45, 7) is 5.64. The second kappa shape index (κ2) is 10.2. The lowest BCUT2D eigenvalue weighted by atomic mass is 9.92. The Bertz CT molecular complexity index is 1230. The van der Waals surface area contributed by atoms with Gasteiger partial charge in [-0.2, -0.15) is 0 Å². The SMILES string of the molecule is Cc1cc(C)c(CC(=O)c2ccc(C(=N)N3CCCC3)cc2)c(C(=O)Nc2ccc(Cl)cn2)c1. The Morgan fingerprint density at radius 3 is 2.35 bits per heavy atom. The third-order valence-electron chi connectivity index (χ3n) is 6.07. The van der Waals surface area contributed by atoms with Crippen LogP contribution in [0.2, 0.25) is 5.02 Å². The van der Waals surface area contributed by atoms with Crippen LogP contribution in [-0.4, -0.2) is 40.5 Å². The highest BCUT2D eigenvalue weighted by Crippen LogP contribution is 2.22. The maximum absolute atomic E-state index is 13.1. The lowest BCUT2D eigenvalue weighted by molar-refractivity contribution is 0.0992. The third-order valence-corrected chi connectivity index (χ3v) is 6.29. The second-order valence-electron chi connectivity index (χ2n) is 8.64. The number of likely N-dealkylation sites (tertiary alicyclic amines) is 1. The Balaban J connectivity index is 1.53. The molecule has 2 heterocycles. The molecule has 0 radical (unpaired) electrons. The molecule has 1 saturated heterocycles. The van der Waals surface area contributed by atoms with Crippen molar-refractivity contribution in [1.82, 2.24) is 9.88 Å². The van der Waals surface area contributed by atoms with Crippen molar-refractivity contribution >= 4 is 34.9 Å². The van der Waals surface area contributed by atoms with Crippen LogP contribution in [0, 0.1) is 19.3 Å². The summed E-state index contributed by atoms with van der Waals surface area (Å²) in [6.07, 6.45) is 3.79. The van der Waals surface area contributed by atoms with Crippen LogP contribution < -0.4 is 5.32 Å². The molecule has 0 spiro atoms. The van der Waals surface area contributed by atoms with Gasteiger partial charge in [-0.05, 0) is 56.0 Å². The minimum atomic E-state index is -0.321. The molecule has 34 heavy (non-hydrogen) atoms. The molecule has 3 aromatic rings. The normalized spacial score (nSPS) is 13.1. The molecule has 1 aliphatic rings. The van der Waals surface area contributed by atoms with E-state index in [0.717, 1.165) is 42.6 Å². The highest BCUT2D eigenvalue weighted by atomic mass is 35.5. The highest BCUT2D eigenvalue weighted by molar-refractivity contribution is 6.30. The number of carbonyl (C=O) groups is 2. The van der Waals surface area contributed by atoms with Crippen molar-refractivity contribution in [1.29, 1.82) is 5.41 Å². The number of amidine groups is 1. The number of carbonyl (C=O) groups excluding carboxylic acids is 2. The highest BCUT2D eigenvalue weighted by Gasteiger charge is 2.20. The quantitative estimate of drug-likeness (QED) is 0.282. The zero-order chi connectivity index (χ0) is 24.2. The van der Waals surface area contributed by atoms with Gasteiger partial charge in [0.1, 0.15) is 11.7 Å². The molecule has 1 amide bonds. The van der Waals surface area contributed by atoms with E-state index in [-0.39, 0.29) is 18.1 Å². The summed E-state index contributed by atoms with van der Waals surface area (Å²) in [5, 5.41) is 11.7. The number of Topliss-reactive ketones (excluding diaryl/α,β-unsaturated/α-hetero) is 1. The van der Waals surface area contributed by atoms with E-state index >= 15 is 0 Å². The van der Waals surface area contributed by atoms with Crippen LogP contribution in [0.4, 0.5) is 5.82 Å². The molecule has 0 unspecified atom stereocenters. The average molecular weight is 475 g/mol. The van der Waals surface area contributed by atoms with Gasteiger partial charge in [0.2, 0.25) is 0 Å². The van der Waals surface area contributed by atoms with Crippen LogP contribution in [0.1, 0.15) is 55.8 Å². The molecule has 7 heteroatoms. The van der Waals surface area contributed by atoms with Gasteiger partial charge in [-0.25, -0.2) is 4.98 Å². The standard InChI is InChI=1S/C27H27ClN4O2/c1-17-13-18(2)22(23(14-17)27(34)31-25-10-9-21(28)16-30-25)15-24(33)19-5-7-20(8-6-19)26(29)32-11-3-4-12-32/h5-10,13-14,16,29H,3-4,11-12,15H2,1-2H3,(H,30,31,34). The zero-order valence-corrected chi connectivity index (χ0v) is 20.1. The number of amides is 1. The number of hydrogen-bond acceptors (Lipinski definition) is 4. The number of benzene rings is 2. The number of aryl methyl sites for hydroxylation is 2. The number of pyridine rings is 1. The van der Waals surface area contributed by atoms with Gasteiger partial charge in [0.25, 0.3) is 5.91 Å². The number of aromatic nitrogens is 1. The molecule has 0 atom stereocenters. The summed E-state index contributed by atoms with van der Waals surface area (Å²) in [5.41, 5.74) is 4.33. The maximum Gasteiger partial charge on any atom is 0.257 e. The summed E-state index contributed by atoms with van der Waals surface area (Å²) >= 11 is 5.88. The molecular weight excluding hydrogens is 448 g/mol. The van der Waals surface area contributed by atoms with Crippen molar-refractivity contribution in [3.63, 3.8) is 0 Å². The van der Waals surface area contributed by atoms with Crippen molar-refractivity contribution in [2.75, 3.05) is 18.4 Å². The van der Waals surface area contributed by atoms with E-state index in [1.54, 1.807) is 30.3 Å². The Hall–Kier alpha value is -3.51. The molecule has 2 N–H and O–H groups in total. The summed E-state index contributed by atoms with van der Waals surface area (Å²) in [7, 11) is 0. The molecule has 6 nitrogen and oxygen atoms in total. The van der Waals surface area contributed by atoms with Crippen LogP contribution in [-0.2, 0) is 6.42 Å². The summed E-state index contributed by atoms with van der Waals surface area (Å²) < 4.78 is 0. The topological polar surface area (TPSA) is 86.2 Å². The van der Waals surface area contributed by atoms with Gasteiger partial charge < -0.3 is 10.2 Å². The molecule has 0 aliphatic carbocycles. The van der Waals surface area contributed by atoms with Crippen molar-refractivity contribution in [2.45, 2.75) is 33.1 Å². The van der Waals surface area contributed by atoms with Gasteiger partial charge in [0, 0.05) is 42.4 Å². The average Bonchev–Trinajstić information content (AvgIpc) is 3.36. The van der Waals surface area contributed by atoms with Crippen LogP contribution in [0.5, 0.6) is 0 Å². The fourth-order valence-corrected chi connectivity index (χ4v) is 4.38. The van der Waals surface area contributed by atoms with Gasteiger partial charge in [-0.15, -0.1) is 0 Å². The number of rotatable bonds is 6. The molecule has 1 aliphatic heterocycles. The zero-order valence-electron chi connectivity index (χ0n) is 19.3. The lowest BCUT2D eigenvalue weighted by Gasteiger charge is -2.18. The molecule has 1 fully saturated rings. The van der Waals surface area contributed by atoms with Crippen LogP contribution in [0.25, 0.3) is 0 Å². The van der Waals surface area contributed by atoms with Gasteiger partial charge >= 0.3 is 0 Å². The second-order valence-corrected chi connectivity index (χ2v) is 9.08. The summed E-state index contributed by atoms with van der Waals surface area (Å²) in [6, 6.07) is 14.2. The molecule has 4 rings (SSSR count). The first-order valence-corrected chi connectivity index (χ1v) is 11.7. The van der Waals surface area contributed by atoms with Gasteiger partial charge in [0.15, 0.2) is 5.78 Å². The van der Waals surface area contributed by atoms with E-state index < -0.39 is 0 Å². The Labute approximate surface area is 204 Å². The predicted octanol–water partition coefficient (Wildman–Crippen LogP) is 5.45. The largest absolute Gasteiger partial charge is 0.357 e. The number of halogens is 1. The van der Waals surface area contributed by atoms with E-state index in [0.29, 0.717) is 33.4 Å². The molecule has 0 bridgehead atoms. The van der Waals surface area contributed by atoms with Crippen molar-refractivity contribution < 1.29 is 9.59 Å². The Morgan fingerprint density at radius 2 is 1.71 bits per heavy atom. The number of anilines is 1. The Kier molecular flexibility index (Phi) is 7.08. The van der Waals surface area contributed by atoms with E-state index in [2.05, 4.69) is 15.2 Å². The van der Waals surface area contributed by atoms with E-state index in [4.69, 9.17) is 17.0 Å². The van der Waals surface area contributed by atoms with E-state index in [1.165, 1.54) is 6.20 Å². The van der Waals surface area contributed by atoms with Crippen LogP contribution in [0.15, 0.2) is 54.7 Å². The van der Waals surface area contributed by atoms with Crippen molar-refractivity contribution in [3.8, 4) is 0 Å². The van der Waals surface area contributed by atoms with Crippen LogP contribution in [0.3, 0.4) is 0 Å². The smallest absolute Gasteiger partial charge is 0.257 e. The van der Waals surface area contributed by atoms with Gasteiger partial charge in [0.05, 0.1) is 5.02 Å². The predicted molar refractivity (Wildman–Crippen MR) is 135 cm³/mol. The monoisotopic (exact) mass is 474 g/mol. The van der Waals surface area contributed by atoms with Gasteiger partial charge in [-0.3, -0.25) is 15.0 Å². The lowest BCUT2D eigenvalue weighted by Crippen LogP contribution is -2.27. The summed E-state index contributed by atoms with van der Waals surface area (Å²) in [4.78, 5) is 32.4. The molecule has 1 aromatic heterocycles. The number of hydrogen-bond donors (Lipinski definition) is 2. The number of nitrogens with zero attached hydrogens (tertiary/aromatic N) is 2. The van der Waals surface area contributed by atoms with E-state index in [1.807, 2.05) is 32.0 Å². The number of ketones is 1. The van der Waals surface area contributed by atoms with E-state index in [9.17, 15) is 9.59 Å². The van der Waals surface area contributed by atoms with Crippen molar-refractivity contribution in [3.05, 3.63) is 93.1 Å². The first kappa shape index (κ1) is 23.6. The summed E-state index contributed by atoms with van der Waals surface area (Å²) in [5.74, 6) is 0.492. The molecule has 0 saturated carbocycles. The fraction of sp³-hybridized carbons (Fsp3) is 0.259.